The number of likely N-dealkylation sites (tertiary alicyclic amines) is 1. The SMILES string of the molecule is O=C(O)C(F)(F)F.O=C(c1ccoc1)N1CCCC2(CC(Nc3ncccn3)CO2)C1. The number of carbonyl (C=O) groups is 2. The Hall–Kier alpha value is -3.15. The van der Waals surface area contributed by atoms with Crippen LogP contribution in [-0.4, -0.2) is 69.4 Å². The topological polar surface area (TPSA) is 118 Å². The molecule has 0 saturated carbocycles. The molecule has 2 aliphatic rings. The number of aromatic nitrogens is 2. The van der Waals surface area contributed by atoms with Gasteiger partial charge in [0.05, 0.1) is 36.6 Å². The third kappa shape index (κ3) is 5.94. The van der Waals surface area contributed by atoms with Crippen LogP contribution in [0.4, 0.5) is 19.1 Å². The van der Waals surface area contributed by atoms with Gasteiger partial charge in [0.15, 0.2) is 0 Å². The molecule has 168 valence electrons. The number of aliphatic carboxylic acids is 1. The fourth-order valence-electron chi connectivity index (χ4n) is 3.62. The second kappa shape index (κ2) is 9.33. The van der Waals surface area contributed by atoms with E-state index in [-0.39, 0.29) is 17.6 Å². The molecule has 0 aromatic carbocycles. The van der Waals surface area contributed by atoms with Crippen LogP contribution in [0.25, 0.3) is 0 Å². The van der Waals surface area contributed by atoms with E-state index in [4.69, 9.17) is 19.1 Å². The first-order chi connectivity index (χ1) is 14.7. The number of furan rings is 1. The summed E-state index contributed by atoms with van der Waals surface area (Å²) in [6, 6.07) is 3.66. The van der Waals surface area contributed by atoms with Crippen molar-refractivity contribution in [1.82, 2.24) is 14.9 Å². The van der Waals surface area contributed by atoms with Crippen LogP contribution in [0.3, 0.4) is 0 Å². The van der Waals surface area contributed by atoms with Gasteiger partial charge in [0.2, 0.25) is 5.95 Å². The molecule has 0 aliphatic carbocycles. The van der Waals surface area contributed by atoms with Crippen molar-refractivity contribution in [3.05, 3.63) is 42.6 Å². The first-order valence-electron chi connectivity index (χ1n) is 9.48. The fourth-order valence-corrected chi connectivity index (χ4v) is 3.62. The lowest BCUT2D eigenvalue weighted by molar-refractivity contribution is -0.192. The highest BCUT2D eigenvalue weighted by Crippen LogP contribution is 2.36. The van der Waals surface area contributed by atoms with Gasteiger partial charge in [-0.05, 0) is 25.0 Å². The Kier molecular flexibility index (Phi) is 6.78. The molecular formula is C19H21F3N4O5. The van der Waals surface area contributed by atoms with Gasteiger partial charge in [-0.1, -0.05) is 0 Å². The number of hydrogen-bond donors (Lipinski definition) is 2. The predicted molar refractivity (Wildman–Crippen MR) is 100 cm³/mol. The summed E-state index contributed by atoms with van der Waals surface area (Å²) >= 11 is 0. The van der Waals surface area contributed by atoms with Crippen molar-refractivity contribution in [3.8, 4) is 0 Å². The van der Waals surface area contributed by atoms with Crippen molar-refractivity contribution in [1.29, 1.82) is 0 Å². The highest BCUT2D eigenvalue weighted by atomic mass is 19.4. The summed E-state index contributed by atoms with van der Waals surface area (Å²) in [4.78, 5) is 31.7. The quantitative estimate of drug-likeness (QED) is 0.745. The molecule has 2 aromatic heterocycles. The molecule has 2 aliphatic heterocycles. The van der Waals surface area contributed by atoms with E-state index in [1.54, 1.807) is 24.5 Å². The van der Waals surface area contributed by atoms with E-state index in [9.17, 15) is 18.0 Å². The maximum atomic E-state index is 12.5. The monoisotopic (exact) mass is 442 g/mol. The Labute approximate surface area is 175 Å². The zero-order chi connectivity index (χ0) is 22.5. The number of ether oxygens (including phenoxy) is 1. The number of nitrogens with zero attached hydrogens (tertiary/aromatic N) is 3. The van der Waals surface area contributed by atoms with E-state index < -0.39 is 12.1 Å². The summed E-state index contributed by atoms with van der Waals surface area (Å²) in [6.45, 7) is 1.98. The van der Waals surface area contributed by atoms with Crippen molar-refractivity contribution >= 4 is 17.8 Å². The van der Waals surface area contributed by atoms with E-state index in [1.807, 2.05) is 4.90 Å². The highest BCUT2D eigenvalue weighted by molar-refractivity contribution is 5.93. The summed E-state index contributed by atoms with van der Waals surface area (Å²) in [6.07, 6.45) is 4.13. The Morgan fingerprint density at radius 2 is 2.00 bits per heavy atom. The largest absolute Gasteiger partial charge is 0.490 e. The number of rotatable bonds is 3. The maximum Gasteiger partial charge on any atom is 0.490 e. The molecular weight excluding hydrogens is 421 g/mol. The van der Waals surface area contributed by atoms with Crippen LogP contribution < -0.4 is 5.32 Å². The number of carboxylic acids is 1. The second-order valence-corrected chi connectivity index (χ2v) is 7.26. The zero-order valence-corrected chi connectivity index (χ0v) is 16.3. The van der Waals surface area contributed by atoms with E-state index in [2.05, 4.69) is 15.3 Å². The standard InChI is InChI=1S/C17H20N4O3.C2HF3O2/c22-15(13-3-8-23-10-13)21-7-1-4-17(12-21)9-14(11-24-17)20-16-18-5-2-6-19-16;3-2(4,5)1(6)7/h2-3,5-6,8,10,14H,1,4,7,9,11-12H2,(H,18,19,20);(H,6,7). The number of amides is 1. The van der Waals surface area contributed by atoms with Crippen molar-refractivity contribution in [2.24, 2.45) is 0 Å². The minimum absolute atomic E-state index is 0.00854. The van der Waals surface area contributed by atoms with Crippen molar-refractivity contribution in [2.45, 2.75) is 37.1 Å². The van der Waals surface area contributed by atoms with Crippen molar-refractivity contribution in [3.63, 3.8) is 0 Å². The van der Waals surface area contributed by atoms with Gasteiger partial charge in [-0.15, -0.1) is 0 Å². The number of halogens is 3. The molecule has 2 atom stereocenters. The molecule has 2 unspecified atom stereocenters. The number of hydrogen-bond acceptors (Lipinski definition) is 7. The minimum Gasteiger partial charge on any atom is -0.475 e. The first kappa shape index (κ1) is 22.5. The lowest BCUT2D eigenvalue weighted by Gasteiger charge is -2.39. The van der Waals surface area contributed by atoms with Crippen LogP contribution in [-0.2, 0) is 9.53 Å². The molecule has 0 radical (unpaired) electrons. The van der Waals surface area contributed by atoms with Gasteiger partial charge in [0, 0.05) is 25.4 Å². The van der Waals surface area contributed by atoms with Gasteiger partial charge in [0.25, 0.3) is 5.91 Å². The van der Waals surface area contributed by atoms with Crippen LogP contribution in [0.15, 0.2) is 41.5 Å². The van der Waals surface area contributed by atoms with Crippen LogP contribution in [0, 0.1) is 0 Å². The number of alkyl halides is 3. The number of carbonyl (C=O) groups excluding carboxylic acids is 1. The molecule has 2 saturated heterocycles. The normalized spacial score (nSPS) is 23.2. The Morgan fingerprint density at radius 3 is 2.61 bits per heavy atom. The summed E-state index contributed by atoms with van der Waals surface area (Å²) < 4.78 is 42.9. The zero-order valence-electron chi connectivity index (χ0n) is 16.3. The Morgan fingerprint density at radius 1 is 1.29 bits per heavy atom. The third-order valence-electron chi connectivity index (χ3n) is 4.95. The minimum atomic E-state index is -5.08. The van der Waals surface area contributed by atoms with E-state index in [0.717, 1.165) is 25.8 Å². The van der Waals surface area contributed by atoms with Gasteiger partial charge in [-0.3, -0.25) is 4.79 Å². The fraction of sp³-hybridized carbons (Fsp3) is 0.474. The molecule has 2 N–H and O–H groups in total. The smallest absolute Gasteiger partial charge is 0.475 e. The molecule has 2 fully saturated rings. The summed E-state index contributed by atoms with van der Waals surface area (Å²) in [7, 11) is 0. The Bertz CT molecular complexity index is 878. The number of carboxylic acid groups (broad SMARTS) is 1. The molecule has 12 heteroatoms. The molecule has 4 rings (SSSR count). The summed E-state index contributed by atoms with van der Waals surface area (Å²) in [5.41, 5.74) is 0.321. The third-order valence-corrected chi connectivity index (χ3v) is 4.95. The van der Waals surface area contributed by atoms with E-state index in [0.29, 0.717) is 24.7 Å². The number of anilines is 1. The molecule has 1 amide bonds. The lowest BCUT2D eigenvalue weighted by Crippen LogP contribution is -2.50. The molecule has 9 nitrogen and oxygen atoms in total. The average Bonchev–Trinajstić information content (AvgIpc) is 3.39. The maximum absolute atomic E-state index is 12.5. The highest BCUT2D eigenvalue weighted by Gasteiger charge is 2.45. The molecule has 1 spiro atoms. The molecule has 2 aromatic rings. The van der Waals surface area contributed by atoms with Crippen molar-refractivity contribution in [2.75, 3.05) is 25.0 Å². The van der Waals surface area contributed by atoms with E-state index >= 15 is 0 Å². The first-order valence-corrected chi connectivity index (χ1v) is 9.48. The molecule has 0 bridgehead atoms. The molecule has 31 heavy (non-hydrogen) atoms. The average molecular weight is 442 g/mol. The second-order valence-electron chi connectivity index (χ2n) is 7.26. The summed E-state index contributed by atoms with van der Waals surface area (Å²) in [5.74, 6) is -2.13. The lowest BCUT2D eigenvalue weighted by atomic mass is 9.88. The van der Waals surface area contributed by atoms with E-state index in [1.165, 1.54) is 12.5 Å². The molecule has 4 heterocycles. The summed E-state index contributed by atoms with van der Waals surface area (Å²) in [5, 5.41) is 10.4. The van der Waals surface area contributed by atoms with Crippen LogP contribution in [0.2, 0.25) is 0 Å². The van der Waals surface area contributed by atoms with Crippen LogP contribution in [0.1, 0.15) is 29.6 Å². The van der Waals surface area contributed by atoms with Gasteiger partial charge in [0.1, 0.15) is 6.26 Å². The van der Waals surface area contributed by atoms with Gasteiger partial charge < -0.3 is 24.5 Å². The Balaban J connectivity index is 0.000000339. The van der Waals surface area contributed by atoms with Crippen LogP contribution >= 0.6 is 0 Å². The number of nitrogens with one attached hydrogen (secondary N) is 1. The van der Waals surface area contributed by atoms with Gasteiger partial charge in [-0.25, -0.2) is 14.8 Å². The van der Waals surface area contributed by atoms with Crippen LogP contribution in [0.5, 0.6) is 0 Å². The van der Waals surface area contributed by atoms with Crippen molar-refractivity contribution < 1.29 is 37.0 Å². The predicted octanol–water partition coefficient (Wildman–Crippen LogP) is 2.58. The van der Waals surface area contributed by atoms with Gasteiger partial charge in [-0.2, -0.15) is 13.2 Å². The number of piperidine rings is 1. The van der Waals surface area contributed by atoms with Gasteiger partial charge >= 0.3 is 12.1 Å².